The van der Waals surface area contributed by atoms with Gasteiger partial charge in [-0.2, -0.15) is 0 Å². The van der Waals surface area contributed by atoms with E-state index >= 15 is 0 Å². The average molecular weight is 323 g/mol. The number of amides is 2. The minimum Gasteiger partial charge on any atom is -0.352 e. The maximum atomic E-state index is 12.2. The molecule has 0 spiro atoms. The fourth-order valence-corrected chi connectivity index (χ4v) is 2.88. The van der Waals surface area contributed by atoms with E-state index in [1.165, 1.54) is 6.42 Å². The van der Waals surface area contributed by atoms with Gasteiger partial charge in [0.2, 0.25) is 5.91 Å². The molecule has 0 aromatic heterocycles. The molecule has 1 atom stereocenters. The number of hydrogen-bond donors (Lipinski definition) is 1. The van der Waals surface area contributed by atoms with Gasteiger partial charge < -0.3 is 10.2 Å². The molecule has 1 aromatic rings. The predicted octanol–water partition coefficient (Wildman–Crippen LogP) is 3.25. The molecule has 4 nitrogen and oxygen atoms in total. The highest BCUT2D eigenvalue weighted by atomic mass is 35.5. The number of carbonyl (C=O) groups excluding carboxylic acids is 2. The van der Waals surface area contributed by atoms with E-state index in [0.29, 0.717) is 36.0 Å². The maximum Gasteiger partial charge on any atom is 0.251 e. The van der Waals surface area contributed by atoms with Crippen molar-refractivity contribution in [2.24, 2.45) is 0 Å². The summed E-state index contributed by atoms with van der Waals surface area (Å²) in [5.74, 6) is 0.0726. The predicted molar refractivity (Wildman–Crippen MR) is 88.0 cm³/mol. The topological polar surface area (TPSA) is 49.4 Å². The van der Waals surface area contributed by atoms with E-state index in [-0.39, 0.29) is 11.8 Å². The molecule has 0 aliphatic carbocycles. The second-order valence-corrected chi connectivity index (χ2v) is 6.23. The summed E-state index contributed by atoms with van der Waals surface area (Å²) in [5.41, 5.74) is 0.584. The standard InChI is InChI=1S/C17H23ClN2O2/c1-13-5-2-3-12-20(13)16(21)6-4-11-19-17(22)14-7-9-15(18)10-8-14/h7-10,13H,2-6,11-12H2,1H3,(H,19,22)/t13-/m1/s1. The molecule has 120 valence electrons. The molecule has 0 unspecified atom stereocenters. The van der Waals surface area contributed by atoms with Gasteiger partial charge in [0.15, 0.2) is 0 Å². The van der Waals surface area contributed by atoms with Crippen LogP contribution in [-0.4, -0.2) is 35.8 Å². The number of halogens is 1. The van der Waals surface area contributed by atoms with Gasteiger partial charge in [0.05, 0.1) is 0 Å². The zero-order valence-electron chi connectivity index (χ0n) is 13.0. The first kappa shape index (κ1) is 16.8. The molecule has 1 saturated heterocycles. The first-order chi connectivity index (χ1) is 10.6. The Labute approximate surface area is 136 Å². The Kier molecular flexibility index (Phi) is 6.25. The summed E-state index contributed by atoms with van der Waals surface area (Å²) in [6.07, 6.45) is 4.57. The summed E-state index contributed by atoms with van der Waals surface area (Å²) in [4.78, 5) is 26.0. The molecule has 1 aromatic carbocycles. The highest BCUT2D eigenvalue weighted by Gasteiger charge is 2.22. The third-order valence-corrected chi connectivity index (χ3v) is 4.33. The van der Waals surface area contributed by atoms with Crippen LogP contribution in [0.1, 0.15) is 49.4 Å². The van der Waals surface area contributed by atoms with Crippen LogP contribution in [0.2, 0.25) is 5.02 Å². The zero-order valence-corrected chi connectivity index (χ0v) is 13.7. The lowest BCUT2D eigenvalue weighted by molar-refractivity contribution is -0.134. The average Bonchev–Trinajstić information content (AvgIpc) is 2.52. The van der Waals surface area contributed by atoms with E-state index in [2.05, 4.69) is 12.2 Å². The Hall–Kier alpha value is -1.55. The molecule has 2 rings (SSSR count). The van der Waals surface area contributed by atoms with Gasteiger partial charge in [-0.05, 0) is 56.9 Å². The third-order valence-electron chi connectivity index (χ3n) is 4.08. The van der Waals surface area contributed by atoms with Gasteiger partial charge in [0.1, 0.15) is 0 Å². The van der Waals surface area contributed by atoms with E-state index in [1.807, 2.05) is 4.90 Å². The number of benzene rings is 1. The Morgan fingerprint density at radius 2 is 2.00 bits per heavy atom. The Morgan fingerprint density at radius 1 is 1.27 bits per heavy atom. The van der Waals surface area contributed by atoms with Crippen LogP contribution in [0, 0.1) is 0 Å². The van der Waals surface area contributed by atoms with Crippen LogP contribution in [0.25, 0.3) is 0 Å². The molecule has 0 radical (unpaired) electrons. The van der Waals surface area contributed by atoms with Gasteiger partial charge in [0, 0.05) is 36.1 Å². The Bertz CT molecular complexity index is 516. The van der Waals surface area contributed by atoms with Gasteiger partial charge in [-0.15, -0.1) is 0 Å². The minimum absolute atomic E-state index is 0.129. The highest BCUT2D eigenvalue weighted by Crippen LogP contribution is 2.17. The molecule has 0 bridgehead atoms. The van der Waals surface area contributed by atoms with Crippen molar-refractivity contribution >= 4 is 23.4 Å². The van der Waals surface area contributed by atoms with Gasteiger partial charge in [0.25, 0.3) is 5.91 Å². The summed E-state index contributed by atoms with van der Waals surface area (Å²) < 4.78 is 0. The second kappa shape index (κ2) is 8.18. The minimum atomic E-state index is -0.129. The maximum absolute atomic E-state index is 12.2. The van der Waals surface area contributed by atoms with E-state index in [4.69, 9.17) is 11.6 Å². The summed E-state index contributed by atoms with van der Waals surface area (Å²) >= 11 is 5.79. The zero-order chi connectivity index (χ0) is 15.9. The van der Waals surface area contributed by atoms with Crippen molar-refractivity contribution in [3.8, 4) is 0 Å². The third kappa shape index (κ3) is 4.73. The van der Waals surface area contributed by atoms with Crippen molar-refractivity contribution in [2.75, 3.05) is 13.1 Å². The lowest BCUT2D eigenvalue weighted by Crippen LogP contribution is -2.42. The number of carbonyl (C=O) groups is 2. The molecule has 1 aliphatic heterocycles. The lowest BCUT2D eigenvalue weighted by Gasteiger charge is -2.33. The van der Waals surface area contributed by atoms with Crippen LogP contribution in [-0.2, 0) is 4.79 Å². The molecule has 5 heteroatoms. The normalized spacial score (nSPS) is 18.1. The van der Waals surface area contributed by atoms with Crippen molar-refractivity contribution in [3.05, 3.63) is 34.9 Å². The molecule has 0 saturated carbocycles. The lowest BCUT2D eigenvalue weighted by atomic mass is 10.0. The van der Waals surface area contributed by atoms with Crippen LogP contribution in [0.5, 0.6) is 0 Å². The molecule has 22 heavy (non-hydrogen) atoms. The summed E-state index contributed by atoms with van der Waals surface area (Å²) in [6.45, 7) is 3.49. The van der Waals surface area contributed by atoms with Gasteiger partial charge in [-0.1, -0.05) is 11.6 Å². The Morgan fingerprint density at radius 3 is 2.68 bits per heavy atom. The van der Waals surface area contributed by atoms with Gasteiger partial charge >= 0.3 is 0 Å². The van der Waals surface area contributed by atoms with Crippen LogP contribution in [0.3, 0.4) is 0 Å². The second-order valence-electron chi connectivity index (χ2n) is 5.80. The fraction of sp³-hybridized carbons (Fsp3) is 0.529. The van der Waals surface area contributed by atoms with Crippen molar-refractivity contribution in [3.63, 3.8) is 0 Å². The van der Waals surface area contributed by atoms with E-state index in [1.54, 1.807) is 24.3 Å². The summed E-state index contributed by atoms with van der Waals surface area (Å²) in [6, 6.07) is 7.12. The van der Waals surface area contributed by atoms with Crippen LogP contribution < -0.4 is 5.32 Å². The first-order valence-electron chi connectivity index (χ1n) is 7.91. The largest absolute Gasteiger partial charge is 0.352 e. The van der Waals surface area contributed by atoms with E-state index in [9.17, 15) is 9.59 Å². The summed E-state index contributed by atoms with van der Waals surface area (Å²) in [5, 5.41) is 3.44. The molecule has 1 fully saturated rings. The highest BCUT2D eigenvalue weighted by molar-refractivity contribution is 6.30. The first-order valence-corrected chi connectivity index (χ1v) is 8.29. The fourth-order valence-electron chi connectivity index (χ4n) is 2.76. The number of nitrogens with one attached hydrogen (secondary N) is 1. The molecular weight excluding hydrogens is 300 g/mol. The SMILES string of the molecule is C[C@@H]1CCCCN1C(=O)CCCNC(=O)c1ccc(Cl)cc1. The smallest absolute Gasteiger partial charge is 0.251 e. The van der Waals surface area contributed by atoms with Crippen molar-refractivity contribution < 1.29 is 9.59 Å². The number of nitrogens with zero attached hydrogens (tertiary/aromatic N) is 1. The quantitative estimate of drug-likeness (QED) is 0.846. The van der Waals surface area contributed by atoms with Gasteiger partial charge in [-0.3, -0.25) is 9.59 Å². The number of piperidine rings is 1. The molecule has 1 heterocycles. The number of likely N-dealkylation sites (tertiary alicyclic amines) is 1. The molecular formula is C17H23ClN2O2. The molecule has 1 aliphatic rings. The number of hydrogen-bond acceptors (Lipinski definition) is 2. The van der Waals surface area contributed by atoms with Crippen molar-refractivity contribution in [1.29, 1.82) is 0 Å². The van der Waals surface area contributed by atoms with E-state index in [0.717, 1.165) is 19.4 Å². The van der Waals surface area contributed by atoms with Crippen LogP contribution >= 0.6 is 11.6 Å². The van der Waals surface area contributed by atoms with Crippen LogP contribution in [0.15, 0.2) is 24.3 Å². The van der Waals surface area contributed by atoms with Crippen molar-refractivity contribution in [2.45, 2.75) is 45.1 Å². The van der Waals surface area contributed by atoms with Crippen LogP contribution in [0.4, 0.5) is 0 Å². The molecule has 2 amide bonds. The van der Waals surface area contributed by atoms with Gasteiger partial charge in [-0.25, -0.2) is 0 Å². The molecule has 1 N–H and O–H groups in total. The number of rotatable bonds is 5. The van der Waals surface area contributed by atoms with Crippen molar-refractivity contribution in [1.82, 2.24) is 10.2 Å². The Balaban J connectivity index is 1.69. The van der Waals surface area contributed by atoms with E-state index < -0.39 is 0 Å². The summed E-state index contributed by atoms with van der Waals surface area (Å²) in [7, 11) is 0. The monoisotopic (exact) mass is 322 g/mol.